The quantitative estimate of drug-likeness (QED) is 0.888. The maximum Gasteiger partial charge on any atom is 0.311 e. The molecule has 1 aromatic carbocycles. The van der Waals surface area contributed by atoms with E-state index in [-0.39, 0.29) is 12.5 Å². The molecule has 0 unspecified atom stereocenters. The number of aliphatic carboxylic acids is 1. The van der Waals surface area contributed by atoms with Gasteiger partial charge in [0.05, 0.1) is 5.41 Å². The molecule has 0 radical (unpaired) electrons. The second-order valence-electron chi connectivity index (χ2n) is 5.68. The van der Waals surface area contributed by atoms with Crippen molar-refractivity contribution < 1.29 is 19.4 Å². The van der Waals surface area contributed by atoms with E-state index in [1.807, 2.05) is 26.0 Å². The predicted molar refractivity (Wildman–Crippen MR) is 78.4 cm³/mol. The van der Waals surface area contributed by atoms with E-state index < -0.39 is 11.4 Å². The molecule has 2 N–H and O–H groups in total. The monoisotopic (exact) mass is 291 g/mol. The third-order valence-corrected chi connectivity index (χ3v) is 4.26. The Morgan fingerprint density at radius 3 is 2.48 bits per heavy atom. The summed E-state index contributed by atoms with van der Waals surface area (Å²) < 4.78 is 5.22. The lowest BCUT2D eigenvalue weighted by atomic mass is 9.80. The standard InChI is InChI=1S/C16H21NO4/c1-11-3-4-13(9-12(11)2)14(18)17-10-16(15(19)20)5-7-21-8-6-16/h3-4,9H,5-8,10H2,1-2H3,(H,17,18)(H,19,20). The first-order valence-corrected chi connectivity index (χ1v) is 7.11. The molecule has 1 heterocycles. The van der Waals surface area contributed by atoms with Crippen LogP contribution in [0.5, 0.6) is 0 Å². The number of carboxylic acids is 1. The molecule has 1 aliphatic heterocycles. The fourth-order valence-corrected chi connectivity index (χ4v) is 2.46. The Labute approximate surface area is 124 Å². The summed E-state index contributed by atoms with van der Waals surface area (Å²) in [6.45, 7) is 4.91. The Hall–Kier alpha value is -1.88. The second kappa shape index (κ2) is 6.26. The number of carboxylic acid groups (broad SMARTS) is 1. The van der Waals surface area contributed by atoms with Gasteiger partial charge in [-0.05, 0) is 49.9 Å². The van der Waals surface area contributed by atoms with Crippen LogP contribution in [0, 0.1) is 19.3 Å². The maximum atomic E-state index is 12.2. The molecule has 0 atom stereocenters. The molecular weight excluding hydrogens is 270 g/mol. The fourth-order valence-electron chi connectivity index (χ4n) is 2.46. The normalized spacial score (nSPS) is 17.2. The number of nitrogens with one attached hydrogen (secondary N) is 1. The first kappa shape index (κ1) is 15.5. The molecule has 0 aliphatic carbocycles. The molecule has 1 amide bonds. The van der Waals surface area contributed by atoms with Gasteiger partial charge in [0.2, 0.25) is 0 Å². The summed E-state index contributed by atoms with van der Waals surface area (Å²) in [5.41, 5.74) is 1.82. The molecule has 0 aromatic heterocycles. The van der Waals surface area contributed by atoms with Gasteiger partial charge < -0.3 is 15.2 Å². The number of aryl methyl sites for hydroxylation is 2. The summed E-state index contributed by atoms with van der Waals surface area (Å²) in [5.74, 6) is -1.10. The third-order valence-electron chi connectivity index (χ3n) is 4.26. The van der Waals surface area contributed by atoms with Gasteiger partial charge in [-0.15, -0.1) is 0 Å². The van der Waals surface area contributed by atoms with E-state index in [1.165, 1.54) is 0 Å². The fraction of sp³-hybridized carbons (Fsp3) is 0.500. The number of carbonyl (C=O) groups excluding carboxylic acids is 1. The third kappa shape index (κ3) is 3.42. The highest BCUT2D eigenvalue weighted by Crippen LogP contribution is 2.30. The molecule has 5 nitrogen and oxygen atoms in total. The Balaban J connectivity index is 2.05. The highest BCUT2D eigenvalue weighted by atomic mass is 16.5. The molecule has 1 aliphatic rings. The molecule has 1 fully saturated rings. The summed E-state index contributed by atoms with van der Waals surface area (Å²) in [4.78, 5) is 23.7. The Kier molecular flexibility index (Phi) is 4.63. The van der Waals surface area contributed by atoms with Crippen LogP contribution in [0.2, 0.25) is 0 Å². The number of rotatable bonds is 4. The van der Waals surface area contributed by atoms with Gasteiger partial charge in [0.1, 0.15) is 0 Å². The van der Waals surface area contributed by atoms with E-state index in [0.29, 0.717) is 31.6 Å². The van der Waals surface area contributed by atoms with Crippen LogP contribution >= 0.6 is 0 Å². The molecule has 2 rings (SSSR count). The highest BCUT2D eigenvalue weighted by Gasteiger charge is 2.40. The number of amides is 1. The van der Waals surface area contributed by atoms with Crippen LogP contribution in [0.25, 0.3) is 0 Å². The average Bonchev–Trinajstić information content (AvgIpc) is 2.48. The van der Waals surface area contributed by atoms with Crippen molar-refractivity contribution in [3.63, 3.8) is 0 Å². The highest BCUT2D eigenvalue weighted by molar-refractivity contribution is 5.94. The van der Waals surface area contributed by atoms with Crippen LogP contribution in [0.3, 0.4) is 0 Å². The SMILES string of the molecule is Cc1ccc(C(=O)NCC2(C(=O)O)CCOCC2)cc1C. The van der Waals surface area contributed by atoms with Crippen LogP contribution < -0.4 is 5.32 Å². The average molecular weight is 291 g/mol. The lowest BCUT2D eigenvalue weighted by molar-refractivity contribution is -0.154. The molecular formula is C16H21NO4. The molecule has 114 valence electrons. The van der Waals surface area contributed by atoms with Gasteiger partial charge in [-0.1, -0.05) is 6.07 Å². The minimum atomic E-state index is -0.909. The summed E-state index contributed by atoms with van der Waals surface area (Å²) in [7, 11) is 0. The first-order chi connectivity index (χ1) is 9.94. The van der Waals surface area contributed by atoms with Crippen LogP contribution in [0.15, 0.2) is 18.2 Å². The lowest BCUT2D eigenvalue weighted by Gasteiger charge is -2.33. The van der Waals surface area contributed by atoms with Crippen molar-refractivity contribution in [2.45, 2.75) is 26.7 Å². The van der Waals surface area contributed by atoms with Crippen molar-refractivity contribution in [1.29, 1.82) is 0 Å². The van der Waals surface area contributed by atoms with E-state index >= 15 is 0 Å². The molecule has 0 saturated carbocycles. The minimum Gasteiger partial charge on any atom is -0.481 e. The van der Waals surface area contributed by atoms with Gasteiger partial charge in [-0.2, -0.15) is 0 Å². The summed E-state index contributed by atoms with van der Waals surface area (Å²) in [6.07, 6.45) is 0.852. The summed E-state index contributed by atoms with van der Waals surface area (Å²) in [5, 5.41) is 12.2. The number of hydrogen-bond acceptors (Lipinski definition) is 3. The van der Waals surface area contributed by atoms with Crippen molar-refractivity contribution in [1.82, 2.24) is 5.32 Å². The van der Waals surface area contributed by atoms with Crippen LogP contribution in [0.1, 0.15) is 34.3 Å². The van der Waals surface area contributed by atoms with E-state index in [4.69, 9.17) is 4.74 Å². The van der Waals surface area contributed by atoms with E-state index in [0.717, 1.165) is 11.1 Å². The number of hydrogen-bond donors (Lipinski definition) is 2. The van der Waals surface area contributed by atoms with Gasteiger partial charge in [-0.3, -0.25) is 9.59 Å². The number of benzene rings is 1. The zero-order valence-corrected chi connectivity index (χ0v) is 12.4. The second-order valence-corrected chi connectivity index (χ2v) is 5.68. The molecule has 1 saturated heterocycles. The van der Waals surface area contributed by atoms with Gasteiger partial charge in [0.15, 0.2) is 0 Å². The molecule has 1 aromatic rings. The zero-order valence-electron chi connectivity index (χ0n) is 12.4. The van der Waals surface area contributed by atoms with Gasteiger partial charge >= 0.3 is 5.97 Å². The predicted octanol–water partition coefficient (Wildman–Crippen LogP) is 1.91. The largest absolute Gasteiger partial charge is 0.481 e. The Morgan fingerprint density at radius 1 is 1.24 bits per heavy atom. The Morgan fingerprint density at radius 2 is 1.90 bits per heavy atom. The molecule has 0 spiro atoms. The Bertz CT molecular complexity index is 547. The summed E-state index contributed by atoms with van der Waals surface area (Å²) >= 11 is 0. The molecule has 21 heavy (non-hydrogen) atoms. The van der Waals surface area contributed by atoms with E-state index in [9.17, 15) is 14.7 Å². The molecule has 5 heteroatoms. The van der Waals surface area contributed by atoms with Crippen LogP contribution in [0.4, 0.5) is 0 Å². The lowest BCUT2D eigenvalue weighted by Crippen LogP contribution is -2.46. The van der Waals surface area contributed by atoms with Crippen molar-refractivity contribution in [2.24, 2.45) is 5.41 Å². The maximum absolute atomic E-state index is 12.2. The number of ether oxygens (including phenoxy) is 1. The minimum absolute atomic E-state index is 0.136. The smallest absolute Gasteiger partial charge is 0.311 e. The van der Waals surface area contributed by atoms with Gasteiger partial charge in [0, 0.05) is 25.3 Å². The summed E-state index contributed by atoms with van der Waals surface area (Å²) in [6, 6.07) is 5.48. The van der Waals surface area contributed by atoms with Crippen molar-refractivity contribution in [3.05, 3.63) is 34.9 Å². The van der Waals surface area contributed by atoms with Gasteiger partial charge in [-0.25, -0.2) is 0 Å². The van der Waals surface area contributed by atoms with E-state index in [1.54, 1.807) is 6.07 Å². The van der Waals surface area contributed by atoms with Crippen LogP contribution in [-0.4, -0.2) is 36.7 Å². The zero-order chi connectivity index (χ0) is 15.5. The first-order valence-electron chi connectivity index (χ1n) is 7.11. The number of carbonyl (C=O) groups is 2. The van der Waals surface area contributed by atoms with Crippen molar-refractivity contribution in [2.75, 3.05) is 19.8 Å². The van der Waals surface area contributed by atoms with E-state index in [2.05, 4.69) is 5.32 Å². The van der Waals surface area contributed by atoms with Crippen molar-refractivity contribution in [3.8, 4) is 0 Å². The molecule has 0 bridgehead atoms. The van der Waals surface area contributed by atoms with Crippen LogP contribution in [-0.2, 0) is 9.53 Å². The topological polar surface area (TPSA) is 75.6 Å². The van der Waals surface area contributed by atoms with Crippen molar-refractivity contribution >= 4 is 11.9 Å². The van der Waals surface area contributed by atoms with Gasteiger partial charge in [0.25, 0.3) is 5.91 Å².